The van der Waals surface area contributed by atoms with Crippen LogP contribution in [-0.2, 0) is 4.79 Å². The first kappa shape index (κ1) is 25.6. The number of benzene rings is 2. The average molecular weight is 546 g/mol. The molecule has 0 aliphatic carbocycles. The van der Waals surface area contributed by atoms with Crippen molar-refractivity contribution in [3.8, 4) is 0 Å². The van der Waals surface area contributed by atoms with E-state index in [2.05, 4.69) is 35.8 Å². The van der Waals surface area contributed by atoms with Gasteiger partial charge in [0, 0.05) is 48.5 Å². The fourth-order valence-corrected chi connectivity index (χ4v) is 6.72. The molecule has 6 nitrogen and oxygen atoms in total. The lowest BCUT2D eigenvalue weighted by molar-refractivity contribution is -0.128. The van der Waals surface area contributed by atoms with Crippen molar-refractivity contribution in [3.63, 3.8) is 0 Å². The van der Waals surface area contributed by atoms with E-state index in [0.29, 0.717) is 29.7 Å². The summed E-state index contributed by atoms with van der Waals surface area (Å²) in [5.74, 6) is 0.209. The molecule has 0 spiro atoms. The summed E-state index contributed by atoms with van der Waals surface area (Å²) >= 11 is 13.9. The van der Waals surface area contributed by atoms with E-state index in [4.69, 9.17) is 28.2 Å². The molecule has 0 saturated carbocycles. The lowest BCUT2D eigenvalue weighted by Gasteiger charge is -2.35. The highest BCUT2D eigenvalue weighted by Gasteiger charge is 2.47. The van der Waals surface area contributed by atoms with E-state index in [9.17, 15) is 9.90 Å². The maximum atomic E-state index is 13.8. The number of allylic oxidation sites excluding steroid dienone is 1. The molecule has 2 unspecified atom stereocenters. The molecular formula is C27H30Cl2N4O2S. The molecule has 0 bridgehead atoms. The molecule has 3 heterocycles. The van der Waals surface area contributed by atoms with Crippen molar-refractivity contribution in [1.82, 2.24) is 14.7 Å². The second kappa shape index (κ2) is 10.8. The Kier molecular flexibility index (Phi) is 7.65. The van der Waals surface area contributed by atoms with Crippen molar-refractivity contribution in [2.75, 3.05) is 39.3 Å². The van der Waals surface area contributed by atoms with E-state index in [-0.39, 0.29) is 30.5 Å². The quantitative estimate of drug-likeness (QED) is 0.541. The Balaban J connectivity index is 1.50. The van der Waals surface area contributed by atoms with Crippen LogP contribution in [0.2, 0.25) is 10.0 Å². The number of fused-ring (bicyclic) bond motifs is 1. The zero-order chi connectivity index (χ0) is 25.4. The van der Waals surface area contributed by atoms with Crippen LogP contribution in [0.1, 0.15) is 37.1 Å². The van der Waals surface area contributed by atoms with Gasteiger partial charge in [0.25, 0.3) is 5.91 Å². The summed E-state index contributed by atoms with van der Waals surface area (Å²) in [4.78, 5) is 26.1. The Labute approximate surface area is 226 Å². The predicted molar refractivity (Wildman–Crippen MR) is 147 cm³/mol. The number of nitrogens with zero attached hydrogens (tertiary/aromatic N) is 4. The molecule has 3 aliphatic rings. The van der Waals surface area contributed by atoms with E-state index < -0.39 is 0 Å². The summed E-state index contributed by atoms with van der Waals surface area (Å²) in [7, 11) is 0. The molecule has 1 fully saturated rings. The minimum Gasteiger partial charge on any atom is -0.395 e. The lowest BCUT2D eigenvalue weighted by Crippen LogP contribution is -2.49. The molecule has 2 aromatic rings. The van der Waals surface area contributed by atoms with Crippen molar-refractivity contribution in [2.45, 2.75) is 25.9 Å². The molecule has 2 aromatic carbocycles. The van der Waals surface area contributed by atoms with Crippen LogP contribution in [-0.4, -0.2) is 70.2 Å². The lowest BCUT2D eigenvalue weighted by atomic mass is 9.92. The van der Waals surface area contributed by atoms with Gasteiger partial charge in [-0.1, -0.05) is 61.3 Å². The van der Waals surface area contributed by atoms with E-state index in [1.807, 2.05) is 41.3 Å². The van der Waals surface area contributed by atoms with Crippen LogP contribution in [0.5, 0.6) is 0 Å². The van der Waals surface area contributed by atoms with Gasteiger partial charge in [-0.05, 0) is 53.1 Å². The van der Waals surface area contributed by atoms with Gasteiger partial charge in [0.15, 0.2) is 5.17 Å². The van der Waals surface area contributed by atoms with Gasteiger partial charge in [-0.25, -0.2) is 0 Å². The number of rotatable bonds is 6. The topological polar surface area (TPSA) is 59.4 Å². The van der Waals surface area contributed by atoms with E-state index in [0.717, 1.165) is 40.0 Å². The van der Waals surface area contributed by atoms with Crippen LogP contribution in [0.15, 0.2) is 64.1 Å². The van der Waals surface area contributed by atoms with Gasteiger partial charge in [-0.15, -0.1) is 0 Å². The van der Waals surface area contributed by atoms with Crippen LogP contribution < -0.4 is 0 Å². The molecule has 36 heavy (non-hydrogen) atoms. The first-order valence-electron chi connectivity index (χ1n) is 12.3. The highest BCUT2D eigenvalue weighted by Crippen LogP contribution is 2.53. The molecule has 1 N–H and O–H groups in total. The largest absolute Gasteiger partial charge is 0.395 e. The molecular weight excluding hydrogens is 515 g/mol. The second-order valence-electron chi connectivity index (χ2n) is 9.60. The number of aliphatic hydroxyl groups is 1. The van der Waals surface area contributed by atoms with Gasteiger partial charge in [0.05, 0.1) is 12.6 Å². The van der Waals surface area contributed by atoms with Crippen LogP contribution in [0, 0.1) is 5.92 Å². The number of hydrogen-bond donors (Lipinski definition) is 1. The Bertz CT molecular complexity index is 1180. The monoisotopic (exact) mass is 544 g/mol. The fourth-order valence-electron chi connectivity index (χ4n) is 5.15. The van der Waals surface area contributed by atoms with E-state index in [1.54, 1.807) is 0 Å². The van der Waals surface area contributed by atoms with Crippen molar-refractivity contribution >= 4 is 46.0 Å². The smallest absolute Gasteiger partial charge is 0.262 e. The summed E-state index contributed by atoms with van der Waals surface area (Å²) in [5.41, 5.74) is 3.21. The van der Waals surface area contributed by atoms with Gasteiger partial charge < -0.3 is 14.9 Å². The highest BCUT2D eigenvalue weighted by molar-refractivity contribution is 8.18. The number of aliphatic hydroxyl groups excluding tert-OH is 1. The summed E-state index contributed by atoms with van der Waals surface area (Å²) in [5, 5.41) is 11.5. The Hall–Kier alpha value is -2.03. The number of halogens is 2. The molecule has 3 aliphatic heterocycles. The zero-order valence-electron chi connectivity index (χ0n) is 20.4. The van der Waals surface area contributed by atoms with Crippen molar-refractivity contribution in [3.05, 3.63) is 80.3 Å². The van der Waals surface area contributed by atoms with Crippen LogP contribution in [0.3, 0.4) is 0 Å². The van der Waals surface area contributed by atoms with Crippen LogP contribution in [0.25, 0.3) is 0 Å². The molecule has 5 rings (SSSR count). The molecule has 1 amide bonds. The normalized spacial score (nSPS) is 22.4. The third-order valence-corrected chi connectivity index (χ3v) is 8.53. The minimum absolute atomic E-state index is 0.0716. The maximum absolute atomic E-state index is 13.8. The maximum Gasteiger partial charge on any atom is 0.262 e. The Morgan fingerprint density at radius 2 is 1.58 bits per heavy atom. The molecule has 0 aromatic heterocycles. The average Bonchev–Trinajstić information content (AvgIpc) is 3.42. The SMILES string of the molecule is CC(C)C1=C(C(=O)N2CCN(CCO)CC2)SC2=NC(c3ccc(Cl)cc3)C(c3ccc(Cl)cc3)N21. The van der Waals surface area contributed by atoms with E-state index >= 15 is 0 Å². The van der Waals surface area contributed by atoms with Gasteiger partial charge in [-0.2, -0.15) is 0 Å². The van der Waals surface area contributed by atoms with Crippen molar-refractivity contribution in [1.29, 1.82) is 0 Å². The Morgan fingerprint density at radius 3 is 2.14 bits per heavy atom. The molecule has 0 radical (unpaired) electrons. The minimum atomic E-state index is -0.127. The second-order valence-corrected chi connectivity index (χ2v) is 11.5. The fraction of sp³-hybridized carbons (Fsp3) is 0.407. The predicted octanol–water partition coefficient (Wildman–Crippen LogP) is 5.20. The number of carbonyl (C=O) groups is 1. The zero-order valence-corrected chi connectivity index (χ0v) is 22.7. The number of hydrogen-bond acceptors (Lipinski definition) is 6. The molecule has 190 valence electrons. The molecule has 1 saturated heterocycles. The number of β-amino-alcohol motifs (C(OH)–C–C–N with tert-alkyl or cyclic N) is 1. The van der Waals surface area contributed by atoms with Crippen molar-refractivity contribution < 1.29 is 9.90 Å². The third-order valence-electron chi connectivity index (χ3n) is 6.96. The van der Waals surface area contributed by atoms with Gasteiger partial charge in [0.2, 0.25) is 0 Å². The third kappa shape index (κ3) is 4.92. The number of carbonyl (C=O) groups excluding carboxylic acids is 1. The number of aliphatic imine (C=N–C) groups is 1. The molecule has 2 atom stereocenters. The standard InChI is InChI=1S/C27H30Cl2N4O2S/c1-17(2)23-25(26(35)32-13-11-31(12-14-32)15-16-34)36-27-30-22(18-3-7-20(28)8-4-18)24(33(23)27)19-5-9-21(29)10-6-19/h3-10,17,22,24,34H,11-16H2,1-2H3. The Morgan fingerprint density at radius 1 is 1.00 bits per heavy atom. The summed E-state index contributed by atoms with van der Waals surface area (Å²) in [6, 6.07) is 15.6. The van der Waals surface area contributed by atoms with Gasteiger partial charge >= 0.3 is 0 Å². The first-order valence-corrected chi connectivity index (χ1v) is 13.9. The van der Waals surface area contributed by atoms with Gasteiger partial charge in [0.1, 0.15) is 10.9 Å². The van der Waals surface area contributed by atoms with Gasteiger partial charge in [-0.3, -0.25) is 14.7 Å². The number of piperazine rings is 1. The summed E-state index contributed by atoms with van der Waals surface area (Å²) < 4.78 is 0. The first-order chi connectivity index (χ1) is 17.4. The highest BCUT2D eigenvalue weighted by atomic mass is 35.5. The number of thioether (sulfide) groups is 1. The van der Waals surface area contributed by atoms with Crippen LogP contribution in [0.4, 0.5) is 0 Å². The molecule has 9 heteroatoms. The van der Waals surface area contributed by atoms with Crippen LogP contribution >= 0.6 is 35.0 Å². The van der Waals surface area contributed by atoms with E-state index in [1.165, 1.54) is 11.8 Å². The number of amides is 1. The summed E-state index contributed by atoms with van der Waals surface area (Å²) in [6.45, 7) is 7.94. The summed E-state index contributed by atoms with van der Waals surface area (Å²) in [6.07, 6.45) is 0. The number of amidine groups is 1. The van der Waals surface area contributed by atoms with Crippen molar-refractivity contribution in [2.24, 2.45) is 10.9 Å².